The largest absolute Gasteiger partial charge is 0.370 e. The number of carbonyl (C=O) groups excluding carboxylic acids is 14. The maximum Gasteiger partial charge on any atom is 0.245 e. The lowest BCUT2D eigenvalue weighted by molar-refractivity contribution is -0.138. The number of nitrogens with one attached hydrogen (secondary N) is 13. The van der Waals surface area contributed by atoms with Crippen molar-refractivity contribution in [3.8, 4) is 0 Å². The summed E-state index contributed by atoms with van der Waals surface area (Å²) < 4.78 is 0. The number of rotatable bonds is 35. The number of nitrogens with two attached hydrogens (primary N) is 6. The minimum atomic E-state index is -1.84. The standard InChI is InChI=1S/C67H111N21O14/c1-13-35(2)52-62(102)86-47(32-67(10,11)12)60(100)87-48(61(101)82-42(21-17-26-76-64(72)73)57(97)84-46(31-66(7,8)9)59(99)85-45(30-65(4,5)6)58(98)81-40(53(69)93)22-23-49(68)90)34-78-55(95)44(29-51(92)88-52)83-56(96)41(20-16-25-75-63(70)71)80-50(91)24-27-74-54(94)43(79-36(3)89)28-37-33-77-39-19-15-14-18-38(37)39/h14-15,18-19,33,35,40-48,52,77H,13,16-17,20-32,34H2,1-12H3,(H2,68,90)(H2,69,93)(H,74,94)(H,78,95)(H,79,89)(H,80,91)(H,81,98)(H,82,101)(H,83,96)(H,84,97)(H,85,99)(H,86,102)(H,87,100)(H,88,92)(H4,70,71,75)(H4,72,73,76)/t35-,40-,41-,42-,43-,44-,45?,46?,47?,48?,52-/m0/s1. The van der Waals surface area contributed by atoms with E-state index in [2.05, 4.69) is 78.8 Å². The third-order valence-electron chi connectivity index (χ3n) is 16.3. The van der Waals surface area contributed by atoms with E-state index >= 15 is 4.79 Å². The molecule has 1 aliphatic heterocycles. The van der Waals surface area contributed by atoms with Gasteiger partial charge in [0, 0.05) is 69.5 Å². The van der Waals surface area contributed by atoms with Gasteiger partial charge in [0.15, 0.2) is 11.9 Å². The molecule has 3 rings (SSSR count). The van der Waals surface area contributed by atoms with Crippen LogP contribution in [0.15, 0.2) is 40.4 Å². The van der Waals surface area contributed by atoms with Gasteiger partial charge >= 0.3 is 0 Å². The van der Waals surface area contributed by atoms with Crippen LogP contribution < -0.4 is 98.2 Å². The minimum absolute atomic E-state index is 0.00218. The zero-order valence-electron chi connectivity index (χ0n) is 60.8. The smallest absolute Gasteiger partial charge is 0.245 e. The summed E-state index contributed by atoms with van der Waals surface area (Å²) in [7, 11) is 0. The lowest BCUT2D eigenvalue weighted by atomic mass is 9.86. The van der Waals surface area contributed by atoms with Crippen LogP contribution in [0.3, 0.4) is 0 Å². The van der Waals surface area contributed by atoms with Gasteiger partial charge in [-0.1, -0.05) is 101 Å². The number of primary amides is 2. The summed E-state index contributed by atoms with van der Waals surface area (Å²) >= 11 is 0. The number of aromatic amines is 1. The molecule has 1 aliphatic rings. The summed E-state index contributed by atoms with van der Waals surface area (Å²) in [6, 6.07) is -7.20. The highest BCUT2D eigenvalue weighted by atomic mass is 16.2. The van der Waals surface area contributed by atoms with Gasteiger partial charge in [-0.2, -0.15) is 0 Å². The molecule has 1 aromatic heterocycles. The van der Waals surface area contributed by atoms with Gasteiger partial charge in [-0.3, -0.25) is 77.1 Å². The monoisotopic (exact) mass is 1430 g/mol. The topological polar surface area (TPSA) is 580 Å². The van der Waals surface area contributed by atoms with Crippen molar-refractivity contribution in [2.24, 2.45) is 66.5 Å². The van der Waals surface area contributed by atoms with Crippen molar-refractivity contribution in [2.75, 3.05) is 26.2 Å². The molecule has 1 fully saturated rings. The van der Waals surface area contributed by atoms with E-state index in [0.29, 0.717) is 6.42 Å². The van der Waals surface area contributed by atoms with Gasteiger partial charge in [-0.25, -0.2) is 0 Å². The molecular weight excluding hydrogens is 1320 g/mol. The second kappa shape index (κ2) is 40.4. The molecule has 35 nitrogen and oxygen atoms in total. The first-order valence-electron chi connectivity index (χ1n) is 34.2. The second-order valence-electron chi connectivity index (χ2n) is 29.4. The third-order valence-corrected chi connectivity index (χ3v) is 16.3. The van der Waals surface area contributed by atoms with Gasteiger partial charge in [0.2, 0.25) is 82.7 Å². The molecule has 4 unspecified atom stereocenters. The number of aliphatic imine (C=N–C) groups is 2. The van der Waals surface area contributed by atoms with Gasteiger partial charge in [0.25, 0.3) is 0 Å². The molecular formula is C67H111N21O14. The van der Waals surface area contributed by atoms with Crippen LogP contribution in [0.25, 0.3) is 10.9 Å². The summed E-state index contributed by atoms with van der Waals surface area (Å²) in [5.41, 5.74) is 32.8. The Morgan fingerprint density at radius 3 is 1.67 bits per heavy atom. The zero-order valence-corrected chi connectivity index (χ0v) is 60.8. The number of benzene rings is 1. The quantitative estimate of drug-likeness (QED) is 0.0184. The van der Waals surface area contributed by atoms with E-state index in [9.17, 15) is 62.3 Å². The van der Waals surface area contributed by atoms with Crippen LogP contribution in [0, 0.1) is 22.2 Å². The van der Waals surface area contributed by atoms with Crippen LogP contribution in [-0.4, -0.2) is 186 Å². The molecule has 25 N–H and O–H groups in total. The highest BCUT2D eigenvalue weighted by Gasteiger charge is 2.40. The minimum Gasteiger partial charge on any atom is -0.370 e. The SMILES string of the molecule is CC[C@H](C)[C@@H]1NC(=O)C[C@H](NC(=O)[C@H](CCCN=C(N)N)NC(=O)CCNC(=O)[C@H](Cc2c[nH]c3ccccc23)NC(C)=O)C(=O)NCC(C(=O)N[C@@H](CCCN=C(N)N)C(=O)NC(CC(C)(C)C)C(=O)NC(CC(C)(C)C)C(=O)N[C@@H](CCC(N)=O)C(N)=O)NC(=O)C(CC(C)(C)C)NC1=O. The number of hydrogen-bond acceptors (Lipinski definition) is 16. The Hall–Kier alpha value is -10.1. The highest BCUT2D eigenvalue weighted by Crippen LogP contribution is 2.26. The second-order valence-corrected chi connectivity index (χ2v) is 29.4. The molecule has 0 saturated carbocycles. The van der Waals surface area contributed by atoms with E-state index in [1.54, 1.807) is 82.4 Å². The summed E-state index contributed by atoms with van der Waals surface area (Å²) in [6.07, 6.45) is -0.00860. The molecule has 1 aromatic carbocycles. The van der Waals surface area contributed by atoms with Gasteiger partial charge in [-0.05, 0) is 85.2 Å². The van der Waals surface area contributed by atoms with Crippen molar-refractivity contribution in [3.05, 3.63) is 36.0 Å². The number of nitrogens with zero attached hydrogens (tertiary/aromatic N) is 2. The lowest BCUT2D eigenvalue weighted by Gasteiger charge is -2.32. The van der Waals surface area contributed by atoms with Crippen LogP contribution >= 0.6 is 0 Å². The number of hydrogen-bond donors (Lipinski definition) is 19. The molecule has 0 radical (unpaired) electrons. The van der Waals surface area contributed by atoms with Gasteiger partial charge in [0.1, 0.15) is 60.4 Å². The normalized spacial score (nSPS) is 18.3. The van der Waals surface area contributed by atoms with Crippen LogP contribution in [-0.2, 0) is 73.5 Å². The fourth-order valence-electron chi connectivity index (χ4n) is 11.0. The zero-order chi connectivity index (χ0) is 77.0. The molecule has 11 atom stereocenters. The number of aromatic nitrogens is 1. The highest BCUT2D eigenvalue weighted by molar-refractivity contribution is 6.00. The Morgan fingerprint density at radius 2 is 1.15 bits per heavy atom. The van der Waals surface area contributed by atoms with Crippen LogP contribution in [0.5, 0.6) is 0 Å². The fourth-order valence-corrected chi connectivity index (χ4v) is 11.0. The Morgan fingerprint density at radius 1 is 0.598 bits per heavy atom. The van der Waals surface area contributed by atoms with E-state index in [-0.39, 0.29) is 95.8 Å². The predicted molar refractivity (Wildman–Crippen MR) is 381 cm³/mol. The number of amides is 14. The molecule has 0 spiro atoms. The molecule has 2 aromatic rings. The summed E-state index contributed by atoms with van der Waals surface area (Å²) in [5, 5.41) is 32.4. The van der Waals surface area contributed by atoms with Crippen LogP contribution in [0.1, 0.15) is 166 Å². The van der Waals surface area contributed by atoms with Crippen molar-refractivity contribution in [1.29, 1.82) is 0 Å². The maximum absolute atomic E-state index is 15.0. The Labute approximate surface area is 595 Å². The van der Waals surface area contributed by atoms with Crippen molar-refractivity contribution < 1.29 is 67.1 Å². The maximum atomic E-state index is 15.0. The lowest BCUT2D eigenvalue weighted by Crippen LogP contribution is -2.63. The van der Waals surface area contributed by atoms with E-state index in [1.165, 1.54) is 6.92 Å². The van der Waals surface area contributed by atoms with Crippen molar-refractivity contribution in [3.63, 3.8) is 0 Å². The molecule has 1 saturated heterocycles. The van der Waals surface area contributed by atoms with Crippen molar-refractivity contribution in [2.45, 2.75) is 227 Å². The number of H-pyrrole nitrogens is 1. The molecule has 0 aliphatic carbocycles. The van der Waals surface area contributed by atoms with Crippen LogP contribution in [0.2, 0.25) is 0 Å². The number of fused-ring (bicyclic) bond motifs is 1. The third kappa shape index (κ3) is 32.0. The summed E-state index contributed by atoms with van der Waals surface area (Å²) in [4.78, 5) is 206. The van der Waals surface area contributed by atoms with Gasteiger partial charge < -0.3 is 103 Å². The molecule has 568 valence electrons. The van der Waals surface area contributed by atoms with E-state index in [4.69, 9.17) is 34.4 Å². The number of carbonyl (C=O) groups is 14. The van der Waals surface area contributed by atoms with Gasteiger partial charge in [-0.15, -0.1) is 0 Å². The van der Waals surface area contributed by atoms with E-state index in [0.717, 1.165) is 16.5 Å². The van der Waals surface area contributed by atoms with Crippen molar-refractivity contribution in [1.82, 2.24) is 68.8 Å². The number of para-hydroxylation sites is 1. The molecule has 2 heterocycles. The Balaban J connectivity index is 2.11. The summed E-state index contributed by atoms with van der Waals surface area (Å²) in [5.74, 6) is -13.2. The summed E-state index contributed by atoms with van der Waals surface area (Å²) in [6.45, 7) is 19.6. The molecule has 0 bridgehead atoms. The first kappa shape index (κ1) is 86.1. The molecule has 102 heavy (non-hydrogen) atoms. The predicted octanol–water partition coefficient (Wildman–Crippen LogP) is -3.18. The van der Waals surface area contributed by atoms with Gasteiger partial charge in [0.05, 0.1) is 6.42 Å². The average Bonchev–Trinajstić information content (AvgIpc) is 1.79. The number of guanidine groups is 2. The van der Waals surface area contributed by atoms with E-state index in [1.807, 2.05) is 24.3 Å². The molecule has 14 amide bonds. The average molecular weight is 1430 g/mol. The Kier molecular flexibility index (Phi) is 34.1. The Bertz CT molecular complexity index is 3340. The van der Waals surface area contributed by atoms with Crippen molar-refractivity contribution >= 4 is 106 Å². The molecule has 35 heteroatoms. The fraction of sp³-hybridized carbons (Fsp3) is 0.642. The first-order valence-corrected chi connectivity index (χ1v) is 34.2. The first-order chi connectivity index (χ1) is 47.4. The van der Waals surface area contributed by atoms with E-state index < -0.39 is 185 Å². The van der Waals surface area contributed by atoms with Crippen LogP contribution in [0.4, 0.5) is 0 Å².